The molecule has 7 heteroatoms. The molecule has 1 aromatic rings. The van der Waals surface area contributed by atoms with E-state index >= 15 is 0 Å². The minimum absolute atomic E-state index is 0.101. The van der Waals surface area contributed by atoms with Gasteiger partial charge in [-0.25, -0.2) is 4.79 Å². The van der Waals surface area contributed by atoms with Crippen molar-refractivity contribution < 1.29 is 19.4 Å². The van der Waals surface area contributed by atoms with Gasteiger partial charge in [-0.15, -0.1) is 0 Å². The molecule has 3 N–H and O–H groups in total. The van der Waals surface area contributed by atoms with Gasteiger partial charge in [-0.3, -0.25) is 4.98 Å². The fraction of sp³-hybridized carbons (Fsp3) is 0.462. The predicted octanol–water partition coefficient (Wildman–Crippen LogP) is -0.173. The Morgan fingerprint density at radius 3 is 2.80 bits per heavy atom. The van der Waals surface area contributed by atoms with Crippen LogP contribution in [0.4, 0.5) is 4.79 Å². The largest absolute Gasteiger partial charge is 0.447 e. The van der Waals surface area contributed by atoms with Crippen molar-refractivity contribution >= 4 is 12.4 Å². The maximum absolute atomic E-state index is 11.5. The van der Waals surface area contributed by atoms with Gasteiger partial charge < -0.3 is 25.3 Å². The number of hydrogen-bond acceptors (Lipinski definition) is 6. The number of aromatic nitrogens is 1. The van der Waals surface area contributed by atoms with Gasteiger partial charge in [0.2, 0.25) is 0 Å². The van der Waals surface area contributed by atoms with Gasteiger partial charge in [0.05, 0.1) is 6.04 Å². The number of pyridine rings is 1. The summed E-state index contributed by atoms with van der Waals surface area (Å²) in [6.45, 7) is 0.391. The second kappa shape index (κ2) is 10.9. The van der Waals surface area contributed by atoms with E-state index in [1.807, 2.05) is 18.2 Å². The number of carbonyl (C=O) groups excluding carboxylic acids is 2. The van der Waals surface area contributed by atoms with Crippen molar-refractivity contribution in [2.24, 2.45) is 5.73 Å². The molecule has 0 saturated heterocycles. The molecule has 0 aromatic carbocycles. The highest BCUT2D eigenvalue weighted by atomic mass is 16.6. The van der Waals surface area contributed by atoms with Crippen LogP contribution in [0.1, 0.15) is 5.69 Å². The van der Waals surface area contributed by atoms with E-state index in [1.54, 1.807) is 13.2 Å². The van der Waals surface area contributed by atoms with Crippen LogP contribution < -0.4 is 5.73 Å². The molecule has 0 bridgehead atoms. The van der Waals surface area contributed by atoms with E-state index < -0.39 is 12.1 Å². The number of carbonyl (C=O) groups is 2. The normalized spacial score (nSPS) is 10.8. The zero-order valence-electron chi connectivity index (χ0n) is 11.7. The van der Waals surface area contributed by atoms with E-state index in [0.29, 0.717) is 19.3 Å². The first-order valence-corrected chi connectivity index (χ1v) is 6.07. The molecule has 0 spiro atoms. The summed E-state index contributed by atoms with van der Waals surface area (Å²) in [7, 11) is 2.62. The fourth-order valence-electron chi connectivity index (χ4n) is 1.24. The lowest BCUT2D eigenvalue weighted by Crippen LogP contribution is -2.35. The molecule has 1 heterocycles. The molecule has 20 heavy (non-hydrogen) atoms. The Bertz CT molecular complexity index is 386. The molecule has 0 saturated carbocycles. The highest BCUT2D eigenvalue weighted by Crippen LogP contribution is 1.98. The van der Waals surface area contributed by atoms with Gasteiger partial charge in [-0.05, 0) is 12.1 Å². The summed E-state index contributed by atoms with van der Waals surface area (Å²) in [5, 5.41) is 7.00. The molecule has 0 aliphatic rings. The number of nitrogens with zero attached hydrogens (tertiary/aromatic N) is 2. The number of likely N-dealkylation sites (N-methyl/N-ethyl adjacent to an activating group) is 1. The van der Waals surface area contributed by atoms with Crippen LogP contribution in [0.2, 0.25) is 0 Å². The van der Waals surface area contributed by atoms with Crippen molar-refractivity contribution in [2.75, 3.05) is 27.3 Å². The topological polar surface area (TPSA) is 106 Å². The van der Waals surface area contributed by atoms with Crippen molar-refractivity contribution in [1.29, 1.82) is 0 Å². The first kappa shape index (κ1) is 18.0. The average Bonchev–Trinajstić information content (AvgIpc) is 2.52. The van der Waals surface area contributed by atoms with E-state index in [9.17, 15) is 9.59 Å². The Balaban J connectivity index is 0.00000172. The van der Waals surface area contributed by atoms with E-state index in [4.69, 9.17) is 15.6 Å². The summed E-state index contributed by atoms with van der Waals surface area (Å²) in [6, 6.07) is 4.85. The van der Waals surface area contributed by atoms with Gasteiger partial charge in [0.25, 0.3) is 0 Å². The van der Waals surface area contributed by atoms with Gasteiger partial charge in [-0.2, -0.15) is 0 Å². The minimum Gasteiger partial charge on any atom is -0.447 e. The number of amides is 1. The summed E-state index contributed by atoms with van der Waals surface area (Å²) in [4.78, 5) is 27.3. The Kier molecular flexibility index (Phi) is 9.81. The third kappa shape index (κ3) is 7.45. The lowest BCUT2D eigenvalue weighted by Gasteiger charge is -2.17. The number of aldehydes is 1. The van der Waals surface area contributed by atoms with Gasteiger partial charge in [0.1, 0.15) is 12.9 Å². The summed E-state index contributed by atoms with van der Waals surface area (Å²) < 4.78 is 4.86. The maximum atomic E-state index is 11.5. The fourth-order valence-corrected chi connectivity index (χ4v) is 1.24. The smallest absolute Gasteiger partial charge is 0.409 e. The van der Waals surface area contributed by atoms with Crippen LogP contribution in [0.25, 0.3) is 0 Å². The average molecular weight is 283 g/mol. The van der Waals surface area contributed by atoms with Crippen LogP contribution in [0.5, 0.6) is 0 Å². The van der Waals surface area contributed by atoms with Crippen LogP contribution in [-0.2, 0) is 16.0 Å². The van der Waals surface area contributed by atoms with Gasteiger partial charge in [-0.1, -0.05) is 6.07 Å². The molecule has 0 aliphatic heterocycles. The van der Waals surface area contributed by atoms with E-state index in [1.165, 1.54) is 4.90 Å². The van der Waals surface area contributed by atoms with E-state index in [2.05, 4.69) is 4.98 Å². The number of hydrogen-bond donors (Lipinski definition) is 2. The highest BCUT2D eigenvalue weighted by molar-refractivity contribution is 5.68. The molecule has 1 unspecified atom stereocenters. The Hall–Kier alpha value is -1.99. The quantitative estimate of drug-likeness (QED) is 0.702. The Labute approximate surface area is 118 Å². The molecule has 1 atom stereocenters. The zero-order chi connectivity index (χ0) is 15.4. The number of ether oxygens (including phenoxy) is 1. The molecule has 112 valence electrons. The molecular weight excluding hydrogens is 262 g/mol. The molecule has 0 radical (unpaired) electrons. The summed E-state index contributed by atoms with van der Waals surface area (Å²) in [5.41, 5.74) is 6.22. The Morgan fingerprint density at radius 1 is 1.55 bits per heavy atom. The SMILES string of the molecule is CN(CCc1ccccn1)C(=O)OCC(N)C=O.CO. The van der Waals surface area contributed by atoms with E-state index in [-0.39, 0.29) is 6.61 Å². The van der Waals surface area contributed by atoms with Crippen LogP contribution >= 0.6 is 0 Å². The van der Waals surface area contributed by atoms with Gasteiger partial charge >= 0.3 is 6.09 Å². The maximum Gasteiger partial charge on any atom is 0.409 e. The standard InChI is InChI=1S/C12H17N3O3.CH4O/c1-15(12(17)18-9-10(13)8-16)7-5-11-4-2-3-6-14-11;1-2/h2-4,6,8,10H,5,7,9,13H2,1H3;2H,1H3. The van der Waals surface area contributed by atoms with Crippen molar-refractivity contribution in [2.45, 2.75) is 12.5 Å². The van der Waals surface area contributed by atoms with Crippen LogP contribution in [-0.4, -0.2) is 60.7 Å². The molecule has 1 rings (SSSR count). The second-order valence-corrected chi connectivity index (χ2v) is 3.87. The monoisotopic (exact) mass is 283 g/mol. The number of rotatable bonds is 6. The first-order chi connectivity index (χ1) is 9.63. The molecule has 7 nitrogen and oxygen atoms in total. The van der Waals surface area contributed by atoms with Crippen LogP contribution in [0.3, 0.4) is 0 Å². The van der Waals surface area contributed by atoms with Crippen molar-refractivity contribution in [1.82, 2.24) is 9.88 Å². The third-order valence-corrected chi connectivity index (χ3v) is 2.32. The predicted molar refractivity (Wildman–Crippen MR) is 74.1 cm³/mol. The highest BCUT2D eigenvalue weighted by Gasteiger charge is 2.11. The van der Waals surface area contributed by atoms with Crippen molar-refractivity contribution in [3.05, 3.63) is 30.1 Å². The summed E-state index contributed by atoms with van der Waals surface area (Å²) in [6.07, 6.45) is 2.40. The number of aliphatic hydroxyl groups excluding tert-OH is 1. The van der Waals surface area contributed by atoms with Crippen LogP contribution in [0.15, 0.2) is 24.4 Å². The van der Waals surface area contributed by atoms with Gasteiger partial charge in [0.15, 0.2) is 0 Å². The minimum atomic E-state index is -0.766. The van der Waals surface area contributed by atoms with Crippen molar-refractivity contribution in [3.8, 4) is 0 Å². The number of nitrogens with two attached hydrogens (primary N) is 1. The number of aliphatic hydroxyl groups is 1. The summed E-state index contributed by atoms with van der Waals surface area (Å²) in [5.74, 6) is 0. The first-order valence-electron chi connectivity index (χ1n) is 6.07. The van der Waals surface area contributed by atoms with E-state index in [0.717, 1.165) is 12.8 Å². The van der Waals surface area contributed by atoms with Crippen molar-refractivity contribution in [3.63, 3.8) is 0 Å². The second-order valence-electron chi connectivity index (χ2n) is 3.87. The van der Waals surface area contributed by atoms with Crippen LogP contribution in [0, 0.1) is 0 Å². The molecular formula is C13H21N3O4. The lowest BCUT2D eigenvalue weighted by molar-refractivity contribution is -0.109. The molecule has 0 fully saturated rings. The lowest BCUT2D eigenvalue weighted by atomic mass is 10.2. The Morgan fingerprint density at radius 2 is 2.25 bits per heavy atom. The molecule has 1 aromatic heterocycles. The molecule has 0 aliphatic carbocycles. The third-order valence-electron chi connectivity index (χ3n) is 2.32. The zero-order valence-corrected chi connectivity index (χ0v) is 11.7. The van der Waals surface area contributed by atoms with Gasteiger partial charge in [0, 0.05) is 39.0 Å². The summed E-state index contributed by atoms with van der Waals surface area (Å²) >= 11 is 0. The molecule has 1 amide bonds.